The van der Waals surface area contributed by atoms with E-state index in [0.29, 0.717) is 19.5 Å². The van der Waals surface area contributed by atoms with Crippen LogP contribution in [0.3, 0.4) is 0 Å². The minimum absolute atomic E-state index is 0.0147. The van der Waals surface area contributed by atoms with E-state index in [0.717, 1.165) is 11.3 Å². The Morgan fingerprint density at radius 1 is 1.48 bits per heavy atom. The highest BCUT2D eigenvalue weighted by Crippen LogP contribution is 2.27. The van der Waals surface area contributed by atoms with Crippen molar-refractivity contribution in [3.63, 3.8) is 0 Å². The van der Waals surface area contributed by atoms with E-state index in [1.807, 2.05) is 24.3 Å². The average molecular weight is 328 g/mol. The molecule has 1 aromatic carbocycles. The van der Waals surface area contributed by atoms with Crippen molar-refractivity contribution in [3.8, 4) is 5.75 Å². The van der Waals surface area contributed by atoms with E-state index < -0.39 is 12.0 Å². The molecule has 1 aliphatic rings. The monoisotopic (exact) mass is 328 g/mol. The van der Waals surface area contributed by atoms with Crippen LogP contribution in [0.1, 0.15) is 12.0 Å². The molecule has 5 nitrogen and oxygen atoms in total. The first kappa shape index (κ1) is 17.6. The standard InChI is InChI=1S/C16H22F2N2O3/c1-23-13-5-3-2-4-12(13)6-8-19-14(21)10-20-9-7-16(22,11-20)15(17)18/h2-5,15,22H,6-11H2,1H3,(H,19,21). The van der Waals surface area contributed by atoms with E-state index in [2.05, 4.69) is 5.32 Å². The highest BCUT2D eigenvalue weighted by Gasteiger charge is 2.44. The molecule has 0 radical (unpaired) electrons. The van der Waals surface area contributed by atoms with E-state index >= 15 is 0 Å². The van der Waals surface area contributed by atoms with Crippen molar-refractivity contribution in [1.82, 2.24) is 10.2 Å². The molecule has 0 aromatic heterocycles. The Labute approximate surface area is 134 Å². The van der Waals surface area contributed by atoms with Crippen LogP contribution >= 0.6 is 0 Å². The van der Waals surface area contributed by atoms with Crippen LogP contribution in [-0.2, 0) is 11.2 Å². The largest absolute Gasteiger partial charge is 0.496 e. The smallest absolute Gasteiger partial charge is 0.268 e. The van der Waals surface area contributed by atoms with Crippen LogP contribution in [0.2, 0.25) is 0 Å². The summed E-state index contributed by atoms with van der Waals surface area (Å²) < 4.78 is 30.7. The summed E-state index contributed by atoms with van der Waals surface area (Å²) in [6.07, 6.45) is -2.18. The molecule has 0 bridgehead atoms. The summed E-state index contributed by atoms with van der Waals surface area (Å²) in [5.74, 6) is 0.529. The lowest BCUT2D eigenvalue weighted by atomic mass is 10.1. The van der Waals surface area contributed by atoms with Crippen LogP contribution in [0.5, 0.6) is 5.75 Å². The van der Waals surface area contributed by atoms with Gasteiger partial charge < -0.3 is 15.2 Å². The summed E-state index contributed by atoms with van der Waals surface area (Å²) in [5.41, 5.74) is -0.999. The maximum atomic E-state index is 12.7. The molecule has 2 rings (SSSR count). The highest BCUT2D eigenvalue weighted by molar-refractivity contribution is 5.78. The fourth-order valence-electron chi connectivity index (χ4n) is 2.72. The molecule has 1 aromatic rings. The molecule has 1 atom stereocenters. The van der Waals surface area contributed by atoms with Crippen LogP contribution in [-0.4, -0.2) is 61.2 Å². The molecule has 0 spiro atoms. The minimum atomic E-state index is -2.79. The molecule has 1 saturated heterocycles. The quantitative estimate of drug-likeness (QED) is 0.786. The number of likely N-dealkylation sites (tertiary alicyclic amines) is 1. The maximum Gasteiger partial charge on any atom is 0.268 e. The van der Waals surface area contributed by atoms with Crippen LogP contribution < -0.4 is 10.1 Å². The number of nitrogens with one attached hydrogen (secondary N) is 1. The summed E-state index contributed by atoms with van der Waals surface area (Å²) in [5, 5.41) is 12.5. The zero-order chi connectivity index (χ0) is 16.9. The first-order valence-corrected chi connectivity index (χ1v) is 7.56. The normalized spacial score (nSPS) is 21.6. The lowest BCUT2D eigenvalue weighted by Crippen LogP contribution is -2.43. The predicted octanol–water partition coefficient (Wildman–Crippen LogP) is 1.06. The van der Waals surface area contributed by atoms with Gasteiger partial charge in [-0.2, -0.15) is 0 Å². The second-order valence-electron chi connectivity index (χ2n) is 5.78. The van der Waals surface area contributed by atoms with Crippen molar-refractivity contribution >= 4 is 5.91 Å². The Hall–Kier alpha value is -1.73. The third kappa shape index (κ3) is 4.62. The van der Waals surface area contributed by atoms with Gasteiger partial charge in [-0.1, -0.05) is 18.2 Å². The second kappa shape index (κ2) is 7.70. The number of β-amino-alcohol motifs (C(OH)–C–C–N with tert-alkyl or cyclic N) is 1. The van der Waals surface area contributed by atoms with Crippen molar-refractivity contribution in [2.45, 2.75) is 24.9 Å². The summed E-state index contributed by atoms with van der Waals surface area (Å²) in [4.78, 5) is 13.4. The van der Waals surface area contributed by atoms with Gasteiger partial charge >= 0.3 is 0 Å². The van der Waals surface area contributed by atoms with Crippen LogP contribution in [0.4, 0.5) is 8.78 Å². The molecule has 0 aliphatic carbocycles. The number of hydrogen-bond acceptors (Lipinski definition) is 4. The molecule has 0 saturated carbocycles. The number of aliphatic hydroxyl groups is 1. The van der Waals surface area contributed by atoms with E-state index in [1.165, 1.54) is 0 Å². The Bertz CT molecular complexity index is 542. The van der Waals surface area contributed by atoms with Gasteiger partial charge in [-0.3, -0.25) is 9.69 Å². The molecule has 1 heterocycles. The third-order valence-electron chi connectivity index (χ3n) is 4.04. The van der Waals surface area contributed by atoms with Crippen LogP contribution in [0, 0.1) is 0 Å². The Morgan fingerprint density at radius 2 is 2.22 bits per heavy atom. The summed E-state index contributed by atoms with van der Waals surface area (Å²) in [7, 11) is 1.59. The first-order valence-electron chi connectivity index (χ1n) is 7.56. The number of rotatable bonds is 7. The fraction of sp³-hybridized carbons (Fsp3) is 0.562. The van der Waals surface area contributed by atoms with Gasteiger partial charge in [-0.15, -0.1) is 0 Å². The number of carbonyl (C=O) groups is 1. The second-order valence-corrected chi connectivity index (χ2v) is 5.78. The first-order chi connectivity index (χ1) is 10.9. The number of alkyl halides is 2. The zero-order valence-electron chi connectivity index (χ0n) is 13.1. The number of para-hydroxylation sites is 1. The number of hydrogen-bond donors (Lipinski definition) is 2. The maximum absolute atomic E-state index is 12.7. The molecule has 128 valence electrons. The summed E-state index contributed by atoms with van der Waals surface area (Å²) >= 11 is 0. The number of amides is 1. The van der Waals surface area contributed by atoms with Crippen molar-refractivity contribution in [3.05, 3.63) is 29.8 Å². The molecular weight excluding hydrogens is 306 g/mol. The fourth-order valence-corrected chi connectivity index (χ4v) is 2.72. The molecule has 1 amide bonds. The molecule has 7 heteroatoms. The molecule has 1 fully saturated rings. The SMILES string of the molecule is COc1ccccc1CCNC(=O)CN1CCC(O)(C(F)F)C1. The lowest BCUT2D eigenvalue weighted by molar-refractivity contribution is -0.122. The van der Waals surface area contributed by atoms with Crippen molar-refractivity contribution in [2.24, 2.45) is 0 Å². The van der Waals surface area contributed by atoms with E-state index in [1.54, 1.807) is 12.0 Å². The average Bonchev–Trinajstić information content (AvgIpc) is 2.90. The molecule has 23 heavy (non-hydrogen) atoms. The molecular formula is C16H22F2N2O3. The van der Waals surface area contributed by atoms with Gasteiger partial charge in [0.05, 0.1) is 13.7 Å². The minimum Gasteiger partial charge on any atom is -0.496 e. The molecule has 1 aliphatic heterocycles. The van der Waals surface area contributed by atoms with Gasteiger partial charge in [0.1, 0.15) is 11.4 Å². The van der Waals surface area contributed by atoms with Gasteiger partial charge in [0.2, 0.25) is 5.91 Å². The Morgan fingerprint density at radius 3 is 2.87 bits per heavy atom. The number of benzene rings is 1. The predicted molar refractivity (Wildman–Crippen MR) is 81.7 cm³/mol. The van der Waals surface area contributed by atoms with Crippen molar-refractivity contribution in [2.75, 3.05) is 33.3 Å². The summed E-state index contributed by atoms with van der Waals surface area (Å²) in [6, 6.07) is 7.55. The summed E-state index contributed by atoms with van der Waals surface area (Å²) in [6.45, 7) is 0.568. The van der Waals surface area contributed by atoms with Gasteiger partial charge in [0, 0.05) is 19.6 Å². The van der Waals surface area contributed by atoms with E-state index in [9.17, 15) is 18.7 Å². The van der Waals surface area contributed by atoms with Crippen LogP contribution in [0.15, 0.2) is 24.3 Å². The van der Waals surface area contributed by atoms with Gasteiger partial charge in [-0.05, 0) is 24.5 Å². The lowest BCUT2D eigenvalue weighted by Gasteiger charge is -2.22. The third-order valence-corrected chi connectivity index (χ3v) is 4.04. The Kier molecular flexibility index (Phi) is 5.90. The van der Waals surface area contributed by atoms with Gasteiger partial charge in [-0.25, -0.2) is 8.78 Å². The zero-order valence-corrected chi connectivity index (χ0v) is 13.1. The Balaban J connectivity index is 1.74. The number of methoxy groups -OCH3 is 1. The van der Waals surface area contributed by atoms with Crippen molar-refractivity contribution < 1.29 is 23.4 Å². The highest BCUT2D eigenvalue weighted by atomic mass is 19.3. The van der Waals surface area contributed by atoms with Gasteiger partial charge in [0.15, 0.2) is 0 Å². The topological polar surface area (TPSA) is 61.8 Å². The van der Waals surface area contributed by atoms with Crippen LogP contribution in [0.25, 0.3) is 0 Å². The number of nitrogens with zero attached hydrogens (tertiary/aromatic N) is 1. The van der Waals surface area contributed by atoms with Gasteiger partial charge in [0.25, 0.3) is 6.43 Å². The molecule has 2 N–H and O–H groups in total. The number of carbonyl (C=O) groups excluding carboxylic acids is 1. The number of ether oxygens (including phenoxy) is 1. The number of halogens is 2. The van der Waals surface area contributed by atoms with E-state index in [-0.39, 0.29) is 25.4 Å². The van der Waals surface area contributed by atoms with Crippen molar-refractivity contribution in [1.29, 1.82) is 0 Å². The van der Waals surface area contributed by atoms with E-state index in [4.69, 9.17) is 4.74 Å². The molecule has 1 unspecified atom stereocenters.